The minimum atomic E-state index is -4.73. The fourth-order valence-corrected chi connectivity index (χ4v) is 4.46. The zero-order valence-electron chi connectivity index (χ0n) is 16.5. The highest BCUT2D eigenvalue weighted by molar-refractivity contribution is 6.00. The van der Waals surface area contributed by atoms with Crippen LogP contribution in [-0.4, -0.2) is 24.9 Å². The molecule has 0 aromatic heterocycles. The van der Waals surface area contributed by atoms with Crippen molar-refractivity contribution in [2.24, 2.45) is 5.41 Å². The van der Waals surface area contributed by atoms with E-state index in [9.17, 15) is 18.0 Å². The molecule has 160 valence electrons. The van der Waals surface area contributed by atoms with Gasteiger partial charge in [-0.25, -0.2) is 0 Å². The van der Waals surface area contributed by atoms with E-state index in [1.54, 1.807) is 4.90 Å². The maximum Gasteiger partial charge on any atom is 0.573 e. The summed E-state index contributed by atoms with van der Waals surface area (Å²) in [7, 11) is 0. The highest BCUT2D eigenvalue weighted by atomic mass is 19.4. The summed E-state index contributed by atoms with van der Waals surface area (Å²) in [6.45, 7) is 1.15. The second kappa shape index (κ2) is 8.30. The van der Waals surface area contributed by atoms with Crippen LogP contribution in [0.1, 0.15) is 37.7 Å². The van der Waals surface area contributed by atoms with Crippen molar-refractivity contribution in [2.75, 3.05) is 11.4 Å². The van der Waals surface area contributed by atoms with Crippen molar-refractivity contribution < 1.29 is 27.4 Å². The fourth-order valence-electron chi connectivity index (χ4n) is 4.46. The summed E-state index contributed by atoms with van der Waals surface area (Å²) in [5, 5.41) is 0. The molecule has 0 bridgehead atoms. The molecule has 1 aliphatic carbocycles. The number of hydrogen-bond acceptors (Lipinski definition) is 3. The largest absolute Gasteiger partial charge is 0.573 e. The standard InChI is InChI=1S/C23H24F3NO3/c24-23(25,26)30-20-8-6-18(7-9-20)27-15-14-22(21(27)28)12-10-19(11-13-22)29-16-17-4-2-1-3-5-17/h1-9,19H,10-16H2. The van der Waals surface area contributed by atoms with E-state index in [0.29, 0.717) is 18.8 Å². The van der Waals surface area contributed by atoms with E-state index >= 15 is 0 Å². The highest BCUT2D eigenvalue weighted by Gasteiger charge is 2.48. The van der Waals surface area contributed by atoms with Crippen molar-refractivity contribution in [2.45, 2.75) is 51.2 Å². The van der Waals surface area contributed by atoms with Crippen LogP contribution in [-0.2, 0) is 16.1 Å². The SMILES string of the molecule is O=C1N(c2ccc(OC(F)(F)F)cc2)CCC12CCC(OCc1ccccc1)CC2. The van der Waals surface area contributed by atoms with Gasteiger partial charge >= 0.3 is 6.36 Å². The third kappa shape index (κ3) is 4.61. The van der Waals surface area contributed by atoms with E-state index in [2.05, 4.69) is 4.74 Å². The quantitative estimate of drug-likeness (QED) is 0.645. The van der Waals surface area contributed by atoms with Gasteiger partial charge in [0.1, 0.15) is 5.75 Å². The van der Waals surface area contributed by atoms with E-state index in [0.717, 1.165) is 37.7 Å². The topological polar surface area (TPSA) is 38.8 Å². The van der Waals surface area contributed by atoms with E-state index < -0.39 is 6.36 Å². The molecule has 1 saturated heterocycles. The van der Waals surface area contributed by atoms with Gasteiger partial charge in [0.2, 0.25) is 5.91 Å². The maximum absolute atomic E-state index is 13.2. The third-order valence-corrected chi connectivity index (χ3v) is 6.11. The van der Waals surface area contributed by atoms with Gasteiger partial charge in [-0.15, -0.1) is 13.2 Å². The zero-order chi connectivity index (χ0) is 21.2. The van der Waals surface area contributed by atoms with Crippen molar-refractivity contribution in [3.8, 4) is 5.75 Å². The fraction of sp³-hybridized carbons (Fsp3) is 0.435. The van der Waals surface area contributed by atoms with Crippen LogP contribution < -0.4 is 9.64 Å². The van der Waals surface area contributed by atoms with Gasteiger partial charge in [0, 0.05) is 12.2 Å². The van der Waals surface area contributed by atoms with Gasteiger partial charge in [-0.05, 0) is 61.9 Å². The Bertz CT molecular complexity index is 860. The Balaban J connectivity index is 1.33. The maximum atomic E-state index is 13.2. The molecular formula is C23H24F3NO3. The van der Waals surface area contributed by atoms with Crippen molar-refractivity contribution in [3.63, 3.8) is 0 Å². The molecule has 2 fully saturated rings. The Labute approximate surface area is 173 Å². The van der Waals surface area contributed by atoms with E-state index in [1.807, 2.05) is 30.3 Å². The number of benzene rings is 2. The average Bonchev–Trinajstić information content (AvgIpc) is 3.04. The van der Waals surface area contributed by atoms with Gasteiger partial charge in [-0.1, -0.05) is 30.3 Å². The van der Waals surface area contributed by atoms with Crippen molar-refractivity contribution >= 4 is 11.6 Å². The number of carbonyl (C=O) groups is 1. The van der Waals surface area contributed by atoms with Crippen LogP contribution in [0.2, 0.25) is 0 Å². The molecule has 4 rings (SSSR count). The molecule has 1 heterocycles. The number of hydrogen-bond donors (Lipinski definition) is 0. The molecule has 30 heavy (non-hydrogen) atoms. The van der Waals surface area contributed by atoms with Gasteiger partial charge in [-0.3, -0.25) is 4.79 Å². The van der Waals surface area contributed by atoms with Gasteiger partial charge in [0.05, 0.1) is 18.1 Å². The van der Waals surface area contributed by atoms with Crippen molar-refractivity contribution in [1.29, 1.82) is 0 Å². The Morgan fingerprint density at radius 1 is 0.967 bits per heavy atom. The molecule has 0 atom stereocenters. The predicted molar refractivity (Wildman–Crippen MR) is 106 cm³/mol. The molecule has 2 aromatic carbocycles. The van der Waals surface area contributed by atoms with Gasteiger partial charge in [-0.2, -0.15) is 0 Å². The van der Waals surface area contributed by atoms with Crippen LogP contribution in [0.5, 0.6) is 5.75 Å². The number of carbonyl (C=O) groups excluding carboxylic acids is 1. The summed E-state index contributed by atoms with van der Waals surface area (Å²) in [4.78, 5) is 14.8. The molecule has 1 spiro atoms. The Morgan fingerprint density at radius 2 is 1.63 bits per heavy atom. The lowest BCUT2D eigenvalue weighted by Gasteiger charge is -2.35. The Kier molecular flexibility index (Phi) is 5.73. The minimum absolute atomic E-state index is 0.0634. The second-order valence-corrected chi connectivity index (χ2v) is 8.02. The summed E-state index contributed by atoms with van der Waals surface area (Å²) in [5.41, 5.74) is 1.36. The lowest BCUT2D eigenvalue weighted by Crippen LogP contribution is -2.39. The summed E-state index contributed by atoms with van der Waals surface area (Å²) in [6.07, 6.45) is -0.589. The normalized spacial score (nSPS) is 24.4. The van der Waals surface area contributed by atoms with E-state index in [4.69, 9.17) is 4.74 Å². The van der Waals surface area contributed by atoms with Crippen molar-refractivity contribution in [1.82, 2.24) is 0 Å². The molecule has 2 aromatic rings. The lowest BCUT2D eigenvalue weighted by molar-refractivity contribution is -0.274. The molecule has 0 unspecified atom stereocenters. The predicted octanol–water partition coefficient (Wildman–Crippen LogP) is 5.47. The molecule has 1 saturated carbocycles. The van der Waals surface area contributed by atoms with Crippen LogP contribution >= 0.6 is 0 Å². The first-order valence-corrected chi connectivity index (χ1v) is 10.2. The van der Waals surface area contributed by atoms with Crippen molar-refractivity contribution in [3.05, 3.63) is 60.2 Å². The van der Waals surface area contributed by atoms with Crippen LogP contribution in [0.15, 0.2) is 54.6 Å². The number of ether oxygens (including phenoxy) is 2. The first-order valence-electron chi connectivity index (χ1n) is 10.2. The summed E-state index contributed by atoms with van der Waals surface area (Å²) in [6, 6.07) is 15.5. The number of amides is 1. The molecule has 2 aliphatic rings. The van der Waals surface area contributed by atoms with Gasteiger partial charge < -0.3 is 14.4 Å². The van der Waals surface area contributed by atoms with Gasteiger partial charge in [0.25, 0.3) is 0 Å². The number of nitrogens with zero attached hydrogens (tertiary/aromatic N) is 1. The van der Waals surface area contributed by atoms with Crippen LogP contribution in [0.25, 0.3) is 0 Å². The summed E-state index contributed by atoms with van der Waals surface area (Å²) < 4.78 is 46.9. The van der Waals surface area contributed by atoms with E-state index in [1.165, 1.54) is 24.3 Å². The number of anilines is 1. The number of alkyl halides is 3. The average molecular weight is 419 g/mol. The summed E-state index contributed by atoms with van der Waals surface area (Å²) in [5.74, 6) is -0.225. The Morgan fingerprint density at radius 3 is 2.27 bits per heavy atom. The first-order chi connectivity index (χ1) is 14.3. The van der Waals surface area contributed by atoms with Gasteiger partial charge in [0.15, 0.2) is 0 Å². The lowest BCUT2D eigenvalue weighted by atomic mass is 9.72. The molecule has 0 N–H and O–H groups in total. The monoisotopic (exact) mass is 419 g/mol. The van der Waals surface area contributed by atoms with Crippen LogP contribution in [0, 0.1) is 5.41 Å². The first kappa shape index (κ1) is 20.7. The second-order valence-electron chi connectivity index (χ2n) is 8.02. The molecule has 1 amide bonds. The van der Waals surface area contributed by atoms with E-state index in [-0.39, 0.29) is 23.2 Å². The number of halogens is 3. The smallest absolute Gasteiger partial charge is 0.406 e. The number of rotatable bonds is 5. The minimum Gasteiger partial charge on any atom is -0.406 e. The van der Waals surface area contributed by atoms with Crippen LogP contribution in [0.3, 0.4) is 0 Å². The summed E-state index contributed by atoms with van der Waals surface area (Å²) >= 11 is 0. The third-order valence-electron chi connectivity index (χ3n) is 6.11. The Hall–Kier alpha value is -2.54. The molecular weight excluding hydrogens is 395 g/mol. The highest BCUT2D eigenvalue weighted by Crippen LogP contribution is 2.46. The molecule has 0 radical (unpaired) electrons. The molecule has 7 heteroatoms. The molecule has 4 nitrogen and oxygen atoms in total. The molecule has 1 aliphatic heterocycles. The zero-order valence-corrected chi connectivity index (χ0v) is 16.5. The van der Waals surface area contributed by atoms with Crippen LogP contribution in [0.4, 0.5) is 18.9 Å².